The highest BCUT2D eigenvalue weighted by Crippen LogP contribution is 2.19. The standard InChI is InChI=1S/C14H19N/c1-4-12(11-14(3,15)5-2)13-9-7-6-8-10-13/h4,6-11H,1,5,15H2,2-3H3/b12-11+. The summed E-state index contributed by atoms with van der Waals surface area (Å²) in [5.41, 5.74) is 8.11. The van der Waals surface area contributed by atoms with Gasteiger partial charge in [-0.05, 0) is 24.5 Å². The highest BCUT2D eigenvalue weighted by Gasteiger charge is 2.12. The predicted octanol–water partition coefficient (Wildman–Crippen LogP) is 3.38. The number of nitrogens with two attached hydrogens (primary N) is 1. The van der Waals surface area contributed by atoms with Gasteiger partial charge in [0.1, 0.15) is 0 Å². The fourth-order valence-electron chi connectivity index (χ4n) is 1.35. The van der Waals surface area contributed by atoms with E-state index in [2.05, 4.69) is 31.7 Å². The number of rotatable bonds is 4. The van der Waals surface area contributed by atoms with Crippen molar-refractivity contribution >= 4 is 5.57 Å². The van der Waals surface area contributed by atoms with E-state index in [9.17, 15) is 0 Å². The normalized spacial score (nSPS) is 15.8. The van der Waals surface area contributed by atoms with Crippen LogP contribution in [0.15, 0.2) is 49.1 Å². The minimum Gasteiger partial charge on any atom is -0.322 e. The van der Waals surface area contributed by atoms with Crippen LogP contribution in [0.25, 0.3) is 5.57 Å². The maximum absolute atomic E-state index is 6.11. The van der Waals surface area contributed by atoms with Crippen molar-refractivity contribution in [3.05, 3.63) is 54.6 Å². The summed E-state index contributed by atoms with van der Waals surface area (Å²) in [6, 6.07) is 10.2. The molecule has 1 unspecified atom stereocenters. The van der Waals surface area contributed by atoms with E-state index in [-0.39, 0.29) is 5.54 Å². The summed E-state index contributed by atoms with van der Waals surface area (Å²) < 4.78 is 0. The Morgan fingerprint density at radius 1 is 1.40 bits per heavy atom. The molecule has 0 spiro atoms. The zero-order valence-electron chi connectivity index (χ0n) is 9.53. The van der Waals surface area contributed by atoms with Crippen LogP contribution in [0.5, 0.6) is 0 Å². The quantitative estimate of drug-likeness (QED) is 0.742. The topological polar surface area (TPSA) is 26.0 Å². The predicted molar refractivity (Wildman–Crippen MR) is 67.5 cm³/mol. The maximum atomic E-state index is 6.11. The molecule has 0 aliphatic heterocycles. The highest BCUT2D eigenvalue weighted by molar-refractivity contribution is 5.74. The molecule has 0 aliphatic carbocycles. The van der Waals surface area contributed by atoms with Crippen LogP contribution in [0.2, 0.25) is 0 Å². The van der Waals surface area contributed by atoms with Crippen LogP contribution in [-0.4, -0.2) is 5.54 Å². The first-order valence-corrected chi connectivity index (χ1v) is 5.28. The monoisotopic (exact) mass is 201 g/mol. The molecule has 0 heterocycles. The zero-order valence-corrected chi connectivity index (χ0v) is 9.53. The first kappa shape index (κ1) is 11.7. The minimum absolute atomic E-state index is 0.265. The van der Waals surface area contributed by atoms with E-state index in [1.165, 1.54) is 0 Å². The summed E-state index contributed by atoms with van der Waals surface area (Å²) in [5.74, 6) is 0. The highest BCUT2D eigenvalue weighted by atomic mass is 14.7. The van der Waals surface area contributed by atoms with Crippen molar-refractivity contribution in [1.82, 2.24) is 0 Å². The molecule has 0 saturated carbocycles. The molecule has 80 valence electrons. The molecule has 0 fully saturated rings. The van der Waals surface area contributed by atoms with Crippen molar-refractivity contribution in [2.75, 3.05) is 0 Å². The van der Waals surface area contributed by atoms with Gasteiger partial charge >= 0.3 is 0 Å². The third-order valence-corrected chi connectivity index (χ3v) is 2.57. The third kappa shape index (κ3) is 3.37. The third-order valence-electron chi connectivity index (χ3n) is 2.57. The Labute approximate surface area is 92.3 Å². The van der Waals surface area contributed by atoms with Crippen LogP contribution >= 0.6 is 0 Å². The van der Waals surface area contributed by atoms with Gasteiger partial charge < -0.3 is 5.73 Å². The Kier molecular flexibility index (Phi) is 3.87. The van der Waals surface area contributed by atoms with Crippen molar-refractivity contribution in [3.8, 4) is 0 Å². The van der Waals surface area contributed by atoms with E-state index >= 15 is 0 Å². The van der Waals surface area contributed by atoms with E-state index in [1.54, 1.807) is 0 Å². The molecule has 1 heteroatoms. The van der Waals surface area contributed by atoms with E-state index < -0.39 is 0 Å². The van der Waals surface area contributed by atoms with Gasteiger partial charge in [0.05, 0.1) is 0 Å². The van der Waals surface area contributed by atoms with E-state index in [1.807, 2.05) is 31.2 Å². The van der Waals surface area contributed by atoms with Crippen LogP contribution in [0.3, 0.4) is 0 Å². The van der Waals surface area contributed by atoms with Crippen molar-refractivity contribution in [3.63, 3.8) is 0 Å². The summed E-state index contributed by atoms with van der Waals surface area (Å²) in [6.07, 6.45) is 4.85. The van der Waals surface area contributed by atoms with Gasteiger partial charge in [-0.25, -0.2) is 0 Å². The molecule has 0 radical (unpaired) electrons. The lowest BCUT2D eigenvalue weighted by molar-refractivity contribution is 0.565. The molecule has 1 aromatic carbocycles. The molecule has 0 saturated heterocycles. The lowest BCUT2D eigenvalue weighted by Crippen LogP contribution is -2.32. The molecule has 1 nitrogen and oxygen atoms in total. The molecule has 0 amide bonds. The molecule has 0 aromatic heterocycles. The summed E-state index contributed by atoms with van der Waals surface area (Å²) in [4.78, 5) is 0. The van der Waals surface area contributed by atoms with Crippen LogP contribution in [0.1, 0.15) is 25.8 Å². The van der Waals surface area contributed by atoms with E-state index in [0.29, 0.717) is 0 Å². The van der Waals surface area contributed by atoms with Crippen molar-refractivity contribution in [2.24, 2.45) is 5.73 Å². The fraction of sp³-hybridized carbons (Fsp3) is 0.286. The molecule has 15 heavy (non-hydrogen) atoms. The zero-order chi connectivity index (χ0) is 11.3. The average Bonchev–Trinajstić information content (AvgIpc) is 2.27. The molecule has 1 rings (SSSR count). The summed E-state index contributed by atoms with van der Waals surface area (Å²) >= 11 is 0. The Balaban J connectivity index is 3.05. The van der Waals surface area contributed by atoms with Crippen molar-refractivity contribution in [1.29, 1.82) is 0 Å². The molecular formula is C14H19N. The number of hydrogen-bond donors (Lipinski definition) is 1. The minimum atomic E-state index is -0.265. The van der Waals surface area contributed by atoms with Crippen molar-refractivity contribution < 1.29 is 0 Å². The molecule has 0 bridgehead atoms. The average molecular weight is 201 g/mol. The molecule has 0 aliphatic rings. The first-order chi connectivity index (χ1) is 7.09. The molecule has 1 atom stereocenters. The second-order valence-electron chi connectivity index (χ2n) is 4.03. The lowest BCUT2D eigenvalue weighted by Gasteiger charge is -2.19. The first-order valence-electron chi connectivity index (χ1n) is 5.28. The van der Waals surface area contributed by atoms with Gasteiger partial charge in [-0.2, -0.15) is 0 Å². The number of benzene rings is 1. The Bertz CT molecular complexity index is 347. The lowest BCUT2D eigenvalue weighted by atomic mass is 9.94. The van der Waals surface area contributed by atoms with Gasteiger partial charge in [0.25, 0.3) is 0 Å². The fourth-order valence-corrected chi connectivity index (χ4v) is 1.35. The number of allylic oxidation sites excluding steroid dienone is 2. The smallest absolute Gasteiger partial charge is 0.0316 e. The van der Waals surface area contributed by atoms with Gasteiger partial charge in [-0.15, -0.1) is 0 Å². The van der Waals surface area contributed by atoms with Gasteiger partial charge in [-0.1, -0.05) is 56.0 Å². The van der Waals surface area contributed by atoms with E-state index in [0.717, 1.165) is 17.6 Å². The van der Waals surface area contributed by atoms with Gasteiger partial charge in [-0.3, -0.25) is 0 Å². The Morgan fingerprint density at radius 2 is 2.00 bits per heavy atom. The molecule has 1 aromatic rings. The largest absolute Gasteiger partial charge is 0.322 e. The molecular weight excluding hydrogens is 182 g/mol. The van der Waals surface area contributed by atoms with Crippen LogP contribution in [0, 0.1) is 0 Å². The Hall–Kier alpha value is -1.34. The SMILES string of the molecule is C=C/C(=C\C(C)(N)CC)c1ccccc1. The molecule has 2 N–H and O–H groups in total. The summed E-state index contributed by atoms with van der Waals surface area (Å²) in [5, 5.41) is 0. The van der Waals surface area contributed by atoms with Crippen LogP contribution < -0.4 is 5.73 Å². The maximum Gasteiger partial charge on any atom is 0.0316 e. The summed E-state index contributed by atoms with van der Waals surface area (Å²) in [7, 11) is 0. The number of hydrogen-bond acceptors (Lipinski definition) is 1. The van der Waals surface area contributed by atoms with E-state index in [4.69, 9.17) is 5.73 Å². The summed E-state index contributed by atoms with van der Waals surface area (Å²) in [6.45, 7) is 7.94. The van der Waals surface area contributed by atoms with Gasteiger partial charge in [0.2, 0.25) is 0 Å². The van der Waals surface area contributed by atoms with Crippen LogP contribution in [-0.2, 0) is 0 Å². The second-order valence-corrected chi connectivity index (χ2v) is 4.03. The Morgan fingerprint density at radius 3 is 2.47 bits per heavy atom. The van der Waals surface area contributed by atoms with Crippen LogP contribution in [0.4, 0.5) is 0 Å². The van der Waals surface area contributed by atoms with Gasteiger partial charge in [0, 0.05) is 5.54 Å². The second kappa shape index (κ2) is 4.94. The van der Waals surface area contributed by atoms with Crippen molar-refractivity contribution in [2.45, 2.75) is 25.8 Å². The van der Waals surface area contributed by atoms with Gasteiger partial charge in [0.15, 0.2) is 0 Å².